The van der Waals surface area contributed by atoms with Crippen LogP contribution in [0.25, 0.3) is 16.9 Å². The molecular weight excluding hydrogens is 434 g/mol. The number of hydrogen-bond acceptors (Lipinski definition) is 7. The van der Waals surface area contributed by atoms with Gasteiger partial charge in [0.15, 0.2) is 5.58 Å². The molecule has 0 radical (unpaired) electrons. The van der Waals surface area contributed by atoms with E-state index in [-0.39, 0.29) is 10.5 Å². The van der Waals surface area contributed by atoms with E-state index in [0.717, 1.165) is 0 Å². The first-order valence-electron chi connectivity index (χ1n) is 9.35. The maximum absolute atomic E-state index is 12.7. The molecule has 0 bridgehead atoms. The Hall–Kier alpha value is -4.38. The number of hydrogen-bond donors (Lipinski definition) is 2. The summed E-state index contributed by atoms with van der Waals surface area (Å²) < 4.78 is 40.3. The fourth-order valence-electron chi connectivity index (χ4n) is 3.04. The van der Waals surface area contributed by atoms with Crippen molar-refractivity contribution in [3.63, 3.8) is 0 Å². The van der Waals surface area contributed by atoms with Gasteiger partial charge >= 0.3 is 5.76 Å². The highest BCUT2D eigenvalue weighted by molar-refractivity contribution is 7.92. The molecule has 5 aromatic rings. The Kier molecular flexibility index (Phi) is 4.71. The van der Waals surface area contributed by atoms with Gasteiger partial charge < -0.3 is 13.7 Å². The van der Waals surface area contributed by atoms with Crippen LogP contribution in [0.15, 0.2) is 93.5 Å². The zero-order chi connectivity index (χ0) is 22.1. The zero-order valence-electron chi connectivity index (χ0n) is 16.3. The SMILES string of the molecule is O=c1[nH]c2cc(S(=O)(=O)Nc3ccc(Oc4cc(-n5cccc5)ncn4)cc3)ccc2o1. The van der Waals surface area contributed by atoms with Crippen LogP contribution < -0.4 is 15.2 Å². The van der Waals surface area contributed by atoms with E-state index in [1.54, 1.807) is 30.3 Å². The lowest BCUT2D eigenvalue weighted by Crippen LogP contribution is -2.12. The first-order chi connectivity index (χ1) is 15.5. The number of sulfonamides is 1. The third-order valence-electron chi connectivity index (χ3n) is 4.53. The molecule has 2 aromatic carbocycles. The van der Waals surface area contributed by atoms with Crippen molar-refractivity contribution >= 4 is 26.8 Å². The molecule has 0 aliphatic heterocycles. The summed E-state index contributed by atoms with van der Waals surface area (Å²) in [5.41, 5.74) is 0.916. The highest BCUT2D eigenvalue weighted by Gasteiger charge is 2.16. The van der Waals surface area contributed by atoms with Gasteiger partial charge in [0.25, 0.3) is 10.0 Å². The summed E-state index contributed by atoms with van der Waals surface area (Å²) in [5, 5.41) is 0. The highest BCUT2D eigenvalue weighted by atomic mass is 32.2. The van der Waals surface area contributed by atoms with Gasteiger partial charge in [0.2, 0.25) is 5.88 Å². The normalized spacial score (nSPS) is 11.5. The number of aromatic amines is 1. The van der Waals surface area contributed by atoms with Crippen molar-refractivity contribution in [2.24, 2.45) is 0 Å². The molecule has 0 amide bonds. The molecule has 0 fully saturated rings. The number of aromatic nitrogens is 4. The van der Waals surface area contributed by atoms with Crippen LogP contribution in [0.1, 0.15) is 0 Å². The minimum absolute atomic E-state index is 0.0131. The number of fused-ring (bicyclic) bond motifs is 1. The van der Waals surface area contributed by atoms with Crippen LogP contribution in [0, 0.1) is 0 Å². The van der Waals surface area contributed by atoms with E-state index in [9.17, 15) is 13.2 Å². The highest BCUT2D eigenvalue weighted by Crippen LogP contribution is 2.24. The first-order valence-corrected chi connectivity index (χ1v) is 10.8. The van der Waals surface area contributed by atoms with Crippen LogP contribution in [-0.2, 0) is 10.0 Å². The Morgan fingerprint density at radius 1 is 1.00 bits per heavy atom. The molecule has 0 unspecified atom stereocenters. The van der Waals surface area contributed by atoms with Crippen molar-refractivity contribution in [3.05, 3.63) is 89.9 Å². The van der Waals surface area contributed by atoms with Gasteiger partial charge in [-0.3, -0.25) is 9.71 Å². The van der Waals surface area contributed by atoms with E-state index < -0.39 is 15.8 Å². The Labute approximate surface area is 181 Å². The molecule has 0 atom stereocenters. The molecule has 0 spiro atoms. The summed E-state index contributed by atoms with van der Waals surface area (Å²) >= 11 is 0. The van der Waals surface area contributed by atoms with Crippen molar-refractivity contribution in [2.45, 2.75) is 4.90 Å². The number of nitrogens with zero attached hydrogens (tertiary/aromatic N) is 3. The van der Waals surface area contributed by atoms with Crippen molar-refractivity contribution < 1.29 is 17.6 Å². The Bertz CT molecular complexity index is 1550. The summed E-state index contributed by atoms with van der Waals surface area (Å²) in [6.07, 6.45) is 5.11. The number of ether oxygens (including phenoxy) is 1. The third kappa shape index (κ3) is 3.96. The second-order valence-corrected chi connectivity index (χ2v) is 8.39. The smallest absolute Gasteiger partial charge is 0.417 e. The molecule has 11 heteroatoms. The number of H-pyrrole nitrogens is 1. The van der Waals surface area contributed by atoms with E-state index in [4.69, 9.17) is 9.15 Å². The molecule has 0 saturated carbocycles. The van der Waals surface area contributed by atoms with Crippen molar-refractivity contribution in [1.82, 2.24) is 19.5 Å². The summed E-state index contributed by atoms with van der Waals surface area (Å²) in [5.74, 6) is 0.824. The van der Waals surface area contributed by atoms with Gasteiger partial charge in [-0.15, -0.1) is 0 Å². The summed E-state index contributed by atoms with van der Waals surface area (Å²) in [6, 6.07) is 15.9. The lowest BCUT2D eigenvalue weighted by Gasteiger charge is -2.10. The lowest BCUT2D eigenvalue weighted by molar-refractivity contribution is 0.461. The van der Waals surface area contributed by atoms with Crippen LogP contribution in [0.3, 0.4) is 0 Å². The Morgan fingerprint density at radius 3 is 2.56 bits per heavy atom. The molecule has 3 heterocycles. The van der Waals surface area contributed by atoms with Crippen molar-refractivity contribution in [1.29, 1.82) is 0 Å². The quantitative estimate of drug-likeness (QED) is 0.406. The third-order valence-corrected chi connectivity index (χ3v) is 5.91. The van der Waals surface area contributed by atoms with Crippen molar-refractivity contribution in [3.8, 4) is 17.4 Å². The van der Waals surface area contributed by atoms with Crippen LogP contribution >= 0.6 is 0 Å². The maximum Gasteiger partial charge on any atom is 0.417 e. The van der Waals surface area contributed by atoms with Crippen molar-refractivity contribution in [2.75, 3.05) is 4.72 Å². The van der Waals surface area contributed by atoms with Gasteiger partial charge in [-0.25, -0.2) is 23.2 Å². The van der Waals surface area contributed by atoms with E-state index in [1.165, 1.54) is 24.5 Å². The predicted molar refractivity (Wildman–Crippen MR) is 116 cm³/mol. The first kappa shape index (κ1) is 19.6. The zero-order valence-corrected chi connectivity index (χ0v) is 17.1. The van der Waals surface area contributed by atoms with Crippen LogP contribution in [-0.4, -0.2) is 27.9 Å². The molecule has 0 saturated heterocycles. The molecular formula is C21H15N5O5S. The summed E-state index contributed by atoms with van der Waals surface area (Å²) in [7, 11) is -3.88. The van der Waals surface area contributed by atoms with E-state index >= 15 is 0 Å². The Morgan fingerprint density at radius 2 is 1.78 bits per heavy atom. The molecule has 3 aromatic heterocycles. The number of benzene rings is 2. The standard InChI is InChI=1S/C21H15N5O5S/c27-21-24-17-11-16(7-8-18(17)31-21)32(28,29)25-14-3-5-15(6-4-14)30-20-12-19(22-13-23-20)26-9-1-2-10-26/h1-13,25H,(H,24,27). The van der Waals surface area contributed by atoms with Gasteiger partial charge in [-0.2, -0.15) is 0 Å². The molecule has 0 aliphatic carbocycles. The predicted octanol–water partition coefficient (Wildman–Crippen LogP) is 3.29. The average molecular weight is 449 g/mol. The number of nitrogens with one attached hydrogen (secondary N) is 2. The average Bonchev–Trinajstić information content (AvgIpc) is 3.43. The maximum atomic E-state index is 12.7. The largest absolute Gasteiger partial charge is 0.439 e. The van der Waals surface area contributed by atoms with E-state index in [2.05, 4.69) is 19.7 Å². The monoisotopic (exact) mass is 449 g/mol. The fraction of sp³-hybridized carbons (Fsp3) is 0. The summed E-state index contributed by atoms with van der Waals surface area (Å²) in [6.45, 7) is 0. The molecule has 0 aliphatic rings. The number of anilines is 1. The number of rotatable bonds is 6. The van der Waals surface area contributed by atoms with Gasteiger partial charge in [0.1, 0.15) is 17.9 Å². The molecule has 32 heavy (non-hydrogen) atoms. The van der Waals surface area contributed by atoms with E-state index in [0.29, 0.717) is 28.7 Å². The van der Waals surface area contributed by atoms with Gasteiger partial charge in [0, 0.05) is 24.1 Å². The van der Waals surface area contributed by atoms with Gasteiger partial charge in [-0.05, 0) is 54.6 Å². The summed E-state index contributed by atoms with van der Waals surface area (Å²) in [4.78, 5) is 22.0. The van der Waals surface area contributed by atoms with Gasteiger partial charge in [0.05, 0.1) is 10.4 Å². The molecule has 5 rings (SSSR count). The molecule has 160 valence electrons. The van der Waals surface area contributed by atoms with E-state index in [1.807, 2.05) is 29.1 Å². The van der Waals surface area contributed by atoms with Crippen LogP contribution in [0.2, 0.25) is 0 Å². The Balaban J connectivity index is 1.32. The fourth-order valence-corrected chi connectivity index (χ4v) is 4.12. The van der Waals surface area contributed by atoms with Gasteiger partial charge in [-0.1, -0.05) is 0 Å². The minimum atomic E-state index is -3.88. The second kappa shape index (κ2) is 7.71. The van der Waals surface area contributed by atoms with Crippen LogP contribution in [0.4, 0.5) is 5.69 Å². The number of oxazole rings is 1. The molecule has 2 N–H and O–H groups in total. The van der Waals surface area contributed by atoms with Crippen LogP contribution in [0.5, 0.6) is 11.6 Å². The second-order valence-electron chi connectivity index (χ2n) is 6.71. The minimum Gasteiger partial charge on any atom is -0.439 e. The topological polar surface area (TPSA) is 132 Å². The molecule has 10 nitrogen and oxygen atoms in total. The lowest BCUT2D eigenvalue weighted by atomic mass is 10.3.